The maximum absolute atomic E-state index is 5.78. The Balaban J connectivity index is 2.71. The topological polar surface area (TPSA) is 35.2 Å². The molecule has 0 bridgehead atoms. The minimum Gasteiger partial charge on any atom is -0.416 e. The highest BCUT2D eigenvalue weighted by molar-refractivity contribution is 6.48. The molecule has 0 saturated carbocycles. The zero-order valence-electron chi connectivity index (χ0n) is 8.50. The average molecular weight is 195 g/mol. The van der Waals surface area contributed by atoms with Crippen LogP contribution in [0.2, 0.25) is 13.1 Å². The van der Waals surface area contributed by atoms with Crippen LogP contribution in [0, 0.1) is 6.92 Å². The van der Waals surface area contributed by atoms with E-state index in [1.165, 1.54) is 5.56 Å². The molecular weight excluding hydrogens is 178 g/mol. The molecule has 1 aromatic rings. The molecule has 1 aromatic carbocycles. The summed E-state index contributed by atoms with van der Waals surface area (Å²) in [5.41, 5.74) is 9.00. The highest BCUT2D eigenvalue weighted by Gasteiger charge is 2.02. The highest BCUT2D eigenvalue weighted by atomic mass is 28.3. The van der Waals surface area contributed by atoms with Gasteiger partial charge in [0.05, 0.1) is 6.61 Å². The smallest absolute Gasteiger partial charge is 0.171 e. The first-order valence-corrected chi connectivity index (χ1v) is 7.35. The van der Waals surface area contributed by atoms with Crippen LogP contribution < -0.4 is 5.73 Å². The van der Waals surface area contributed by atoms with Crippen molar-refractivity contribution < 1.29 is 4.43 Å². The summed E-state index contributed by atoms with van der Waals surface area (Å²) in [6.07, 6.45) is 0. The molecule has 0 radical (unpaired) electrons. The maximum atomic E-state index is 5.78. The van der Waals surface area contributed by atoms with Gasteiger partial charge in [-0.2, -0.15) is 0 Å². The van der Waals surface area contributed by atoms with E-state index in [1.807, 2.05) is 19.1 Å². The summed E-state index contributed by atoms with van der Waals surface area (Å²) in [6, 6.07) is 5.97. The molecular formula is C10H17NOSi. The van der Waals surface area contributed by atoms with Gasteiger partial charge in [-0.1, -0.05) is 12.1 Å². The van der Waals surface area contributed by atoms with Crippen LogP contribution in [0.3, 0.4) is 0 Å². The molecule has 0 heterocycles. The molecule has 0 aromatic heterocycles. The third-order valence-electron chi connectivity index (χ3n) is 2.06. The van der Waals surface area contributed by atoms with E-state index in [1.54, 1.807) is 0 Å². The Labute approximate surface area is 81.4 Å². The van der Waals surface area contributed by atoms with Gasteiger partial charge in [0.2, 0.25) is 0 Å². The molecule has 0 aliphatic carbocycles. The molecule has 72 valence electrons. The molecule has 0 atom stereocenters. The van der Waals surface area contributed by atoms with Crippen LogP contribution in [-0.4, -0.2) is 9.04 Å². The van der Waals surface area contributed by atoms with Crippen molar-refractivity contribution in [2.24, 2.45) is 0 Å². The Morgan fingerprint density at radius 3 is 2.69 bits per heavy atom. The van der Waals surface area contributed by atoms with Gasteiger partial charge in [-0.15, -0.1) is 0 Å². The number of benzene rings is 1. The Bertz CT molecular complexity index is 286. The van der Waals surface area contributed by atoms with Crippen LogP contribution >= 0.6 is 0 Å². The molecule has 2 nitrogen and oxygen atoms in total. The number of anilines is 1. The Kier molecular flexibility index (Phi) is 3.51. The number of hydrogen-bond donors (Lipinski definition) is 1. The Morgan fingerprint density at radius 1 is 1.38 bits per heavy atom. The van der Waals surface area contributed by atoms with Crippen molar-refractivity contribution in [3.63, 3.8) is 0 Å². The van der Waals surface area contributed by atoms with Gasteiger partial charge >= 0.3 is 0 Å². The number of rotatable bonds is 3. The average Bonchev–Trinajstić information content (AvgIpc) is 2.07. The lowest BCUT2D eigenvalue weighted by atomic mass is 10.1. The quantitative estimate of drug-likeness (QED) is 0.592. The summed E-state index contributed by atoms with van der Waals surface area (Å²) in [5, 5.41) is 0. The summed E-state index contributed by atoms with van der Waals surface area (Å²) in [6.45, 7) is 7.08. The van der Waals surface area contributed by atoms with Crippen molar-refractivity contribution in [3.8, 4) is 0 Å². The second-order valence-corrected chi connectivity index (χ2v) is 5.92. The van der Waals surface area contributed by atoms with Crippen molar-refractivity contribution in [3.05, 3.63) is 29.3 Å². The third-order valence-corrected chi connectivity index (χ3v) is 2.89. The number of nitrogen functional groups attached to an aromatic ring is 1. The third kappa shape index (κ3) is 2.86. The minimum atomic E-state index is -0.917. The van der Waals surface area contributed by atoms with E-state index in [-0.39, 0.29) is 0 Å². The minimum absolute atomic E-state index is 0.709. The molecule has 0 saturated heterocycles. The fourth-order valence-electron chi connectivity index (χ4n) is 1.12. The molecule has 0 unspecified atom stereocenters. The van der Waals surface area contributed by atoms with Crippen molar-refractivity contribution >= 4 is 14.7 Å². The molecule has 0 spiro atoms. The largest absolute Gasteiger partial charge is 0.416 e. The van der Waals surface area contributed by atoms with Gasteiger partial charge in [0.1, 0.15) is 0 Å². The first-order valence-electron chi connectivity index (χ1n) is 4.57. The predicted octanol–water partition coefficient (Wildman–Crippen LogP) is 2.08. The summed E-state index contributed by atoms with van der Waals surface area (Å²) < 4.78 is 5.65. The van der Waals surface area contributed by atoms with E-state index in [0.29, 0.717) is 6.61 Å². The second-order valence-electron chi connectivity index (χ2n) is 3.49. The summed E-state index contributed by atoms with van der Waals surface area (Å²) in [4.78, 5) is 0. The van der Waals surface area contributed by atoms with Gasteiger partial charge < -0.3 is 10.2 Å². The fourth-order valence-corrected chi connectivity index (χ4v) is 1.63. The van der Waals surface area contributed by atoms with Crippen LogP contribution in [0.25, 0.3) is 0 Å². The van der Waals surface area contributed by atoms with Crippen LogP contribution in [0.5, 0.6) is 0 Å². The van der Waals surface area contributed by atoms with E-state index < -0.39 is 9.04 Å². The molecule has 0 aliphatic rings. The van der Waals surface area contributed by atoms with Crippen LogP contribution in [-0.2, 0) is 11.0 Å². The highest BCUT2D eigenvalue weighted by Crippen LogP contribution is 2.16. The first kappa shape index (κ1) is 10.3. The number of hydrogen-bond acceptors (Lipinski definition) is 2. The van der Waals surface area contributed by atoms with Crippen LogP contribution in [0.4, 0.5) is 5.69 Å². The van der Waals surface area contributed by atoms with Crippen molar-refractivity contribution in [1.29, 1.82) is 0 Å². The van der Waals surface area contributed by atoms with E-state index in [0.717, 1.165) is 11.3 Å². The van der Waals surface area contributed by atoms with Crippen molar-refractivity contribution in [2.45, 2.75) is 26.6 Å². The van der Waals surface area contributed by atoms with Gasteiger partial charge in [-0.05, 0) is 37.2 Å². The van der Waals surface area contributed by atoms with Gasteiger partial charge in [-0.3, -0.25) is 0 Å². The monoisotopic (exact) mass is 195 g/mol. The van der Waals surface area contributed by atoms with Gasteiger partial charge in [0.25, 0.3) is 0 Å². The lowest BCUT2D eigenvalue weighted by Gasteiger charge is -2.10. The zero-order chi connectivity index (χ0) is 9.84. The Hall–Kier alpha value is -0.803. The molecule has 13 heavy (non-hydrogen) atoms. The van der Waals surface area contributed by atoms with Gasteiger partial charge in [-0.25, -0.2) is 0 Å². The normalized spacial score (nSPS) is 10.8. The standard InChI is InChI=1S/C10H17NOSi/c1-8-9(7-12-13(2)3)5-4-6-10(8)11/h4-6,13H,7,11H2,1-3H3. The van der Waals surface area contributed by atoms with E-state index in [4.69, 9.17) is 10.2 Å². The van der Waals surface area contributed by atoms with E-state index in [9.17, 15) is 0 Å². The molecule has 0 aliphatic heterocycles. The Morgan fingerprint density at radius 2 is 2.08 bits per heavy atom. The lowest BCUT2D eigenvalue weighted by Crippen LogP contribution is -2.08. The van der Waals surface area contributed by atoms with Crippen LogP contribution in [0.15, 0.2) is 18.2 Å². The first-order chi connectivity index (χ1) is 6.11. The van der Waals surface area contributed by atoms with Crippen LogP contribution in [0.1, 0.15) is 11.1 Å². The summed E-state index contributed by atoms with van der Waals surface area (Å²) >= 11 is 0. The van der Waals surface area contributed by atoms with Crippen molar-refractivity contribution in [1.82, 2.24) is 0 Å². The lowest BCUT2D eigenvalue weighted by molar-refractivity contribution is 0.314. The van der Waals surface area contributed by atoms with E-state index in [2.05, 4.69) is 19.2 Å². The zero-order valence-corrected chi connectivity index (χ0v) is 9.66. The predicted molar refractivity (Wildman–Crippen MR) is 59.3 cm³/mol. The maximum Gasteiger partial charge on any atom is 0.171 e. The molecule has 3 heteroatoms. The van der Waals surface area contributed by atoms with Crippen molar-refractivity contribution in [2.75, 3.05) is 5.73 Å². The SMILES string of the molecule is Cc1c(N)cccc1CO[SiH](C)C. The summed E-state index contributed by atoms with van der Waals surface area (Å²) in [5.74, 6) is 0. The molecule has 1 rings (SSSR count). The summed E-state index contributed by atoms with van der Waals surface area (Å²) in [7, 11) is -0.917. The molecule has 0 fully saturated rings. The number of nitrogens with two attached hydrogens (primary N) is 1. The van der Waals surface area contributed by atoms with Gasteiger partial charge in [0, 0.05) is 5.69 Å². The van der Waals surface area contributed by atoms with Gasteiger partial charge in [0.15, 0.2) is 9.04 Å². The molecule has 2 N–H and O–H groups in total. The second kappa shape index (κ2) is 4.44. The molecule has 0 amide bonds. The van der Waals surface area contributed by atoms with E-state index >= 15 is 0 Å². The fraction of sp³-hybridized carbons (Fsp3) is 0.400.